The molecule has 25 heavy (non-hydrogen) atoms. The van der Waals surface area contributed by atoms with Gasteiger partial charge in [0, 0.05) is 20.8 Å². The number of carbonyl (C=O) groups excluding carboxylic acids is 1. The Kier molecular flexibility index (Phi) is 6.54. The van der Waals surface area contributed by atoms with Crippen molar-refractivity contribution in [3.8, 4) is 0 Å². The molecule has 1 N–H and O–H groups in total. The van der Waals surface area contributed by atoms with E-state index in [4.69, 9.17) is 14.2 Å². The number of anilines is 1. The summed E-state index contributed by atoms with van der Waals surface area (Å²) in [7, 11) is 3.13. The Hall–Kier alpha value is -1.94. The Morgan fingerprint density at radius 2 is 2.08 bits per heavy atom. The van der Waals surface area contributed by atoms with Crippen LogP contribution in [0, 0.1) is 0 Å². The van der Waals surface area contributed by atoms with E-state index in [-0.39, 0.29) is 12.1 Å². The summed E-state index contributed by atoms with van der Waals surface area (Å²) in [6.07, 6.45) is 1.13. The first-order valence-corrected chi connectivity index (χ1v) is 8.39. The molecule has 0 unspecified atom stereocenters. The Balaban J connectivity index is 1.97. The Morgan fingerprint density at radius 3 is 2.72 bits per heavy atom. The number of carbonyl (C=O) groups is 1. The van der Waals surface area contributed by atoms with E-state index in [1.807, 2.05) is 20.8 Å². The SMILES string of the molecule is COC(CNc1nnnn1C[C@H]1CCCN1C(=O)OC(C)(C)C)OC. The number of ether oxygens (including phenoxy) is 3. The molecule has 142 valence electrons. The van der Waals surface area contributed by atoms with Crippen molar-refractivity contribution in [2.24, 2.45) is 0 Å². The summed E-state index contributed by atoms with van der Waals surface area (Å²) >= 11 is 0. The lowest BCUT2D eigenvalue weighted by Crippen LogP contribution is -2.41. The van der Waals surface area contributed by atoms with Crippen LogP contribution in [0.2, 0.25) is 0 Å². The highest BCUT2D eigenvalue weighted by Crippen LogP contribution is 2.22. The fraction of sp³-hybridized carbons (Fsp3) is 0.867. The zero-order chi connectivity index (χ0) is 18.4. The molecule has 10 nitrogen and oxygen atoms in total. The monoisotopic (exact) mass is 356 g/mol. The Bertz CT molecular complexity index is 554. The van der Waals surface area contributed by atoms with Gasteiger partial charge >= 0.3 is 6.09 Å². The fourth-order valence-electron chi connectivity index (χ4n) is 2.68. The summed E-state index contributed by atoms with van der Waals surface area (Å²) in [6, 6.07) is -0.000419. The summed E-state index contributed by atoms with van der Waals surface area (Å²) in [5, 5.41) is 14.8. The zero-order valence-corrected chi connectivity index (χ0v) is 15.6. The number of amides is 1. The normalized spacial score (nSPS) is 18.0. The molecule has 1 amide bonds. The number of nitrogens with zero attached hydrogens (tertiary/aromatic N) is 5. The van der Waals surface area contributed by atoms with Gasteiger partial charge in [-0.2, -0.15) is 0 Å². The highest BCUT2D eigenvalue weighted by atomic mass is 16.7. The summed E-state index contributed by atoms with van der Waals surface area (Å²) in [5.74, 6) is 0.509. The minimum Gasteiger partial charge on any atom is -0.444 e. The summed E-state index contributed by atoms with van der Waals surface area (Å²) < 4.78 is 17.4. The van der Waals surface area contributed by atoms with Crippen molar-refractivity contribution in [2.75, 3.05) is 32.6 Å². The largest absolute Gasteiger partial charge is 0.444 e. The van der Waals surface area contributed by atoms with Crippen LogP contribution >= 0.6 is 0 Å². The quantitative estimate of drug-likeness (QED) is 0.725. The average molecular weight is 356 g/mol. The smallest absolute Gasteiger partial charge is 0.410 e. The zero-order valence-electron chi connectivity index (χ0n) is 15.6. The van der Waals surface area contributed by atoms with Gasteiger partial charge in [-0.05, 0) is 44.0 Å². The van der Waals surface area contributed by atoms with Crippen LogP contribution in [0.15, 0.2) is 0 Å². The third-order valence-electron chi connectivity index (χ3n) is 3.87. The molecule has 0 radical (unpaired) electrons. The second-order valence-corrected chi connectivity index (χ2v) is 6.94. The van der Waals surface area contributed by atoms with Crippen molar-refractivity contribution in [1.82, 2.24) is 25.1 Å². The lowest BCUT2D eigenvalue weighted by atomic mass is 10.2. The average Bonchev–Trinajstić information content (AvgIpc) is 3.17. The van der Waals surface area contributed by atoms with Crippen molar-refractivity contribution in [2.45, 2.75) is 58.1 Å². The molecule has 0 aliphatic carbocycles. The predicted octanol–water partition coefficient (Wildman–Crippen LogP) is 1.10. The molecule has 1 aliphatic heterocycles. The molecule has 0 aromatic carbocycles. The van der Waals surface area contributed by atoms with Gasteiger partial charge < -0.3 is 24.4 Å². The van der Waals surface area contributed by atoms with E-state index < -0.39 is 11.9 Å². The van der Waals surface area contributed by atoms with Crippen molar-refractivity contribution in [3.63, 3.8) is 0 Å². The first-order chi connectivity index (χ1) is 11.8. The predicted molar refractivity (Wildman–Crippen MR) is 90.1 cm³/mol. The summed E-state index contributed by atoms with van der Waals surface area (Å²) in [6.45, 7) is 7.18. The maximum atomic E-state index is 12.4. The highest BCUT2D eigenvalue weighted by molar-refractivity contribution is 5.68. The molecule has 1 aromatic heterocycles. The van der Waals surface area contributed by atoms with Gasteiger partial charge in [0.05, 0.1) is 19.1 Å². The number of likely N-dealkylation sites (tertiary alicyclic amines) is 1. The molecular weight excluding hydrogens is 328 g/mol. The summed E-state index contributed by atoms with van der Waals surface area (Å²) in [4.78, 5) is 14.1. The Labute approximate surface area is 147 Å². The second-order valence-electron chi connectivity index (χ2n) is 6.94. The van der Waals surface area contributed by atoms with Crippen molar-refractivity contribution in [3.05, 3.63) is 0 Å². The van der Waals surface area contributed by atoms with Gasteiger partial charge in [-0.1, -0.05) is 5.10 Å². The molecule has 1 fully saturated rings. The molecule has 2 rings (SSSR count). The van der Waals surface area contributed by atoms with Gasteiger partial charge in [0.25, 0.3) is 0 Å². The number of hydrogen-bond donors (Lipinski definition) is 1. The Morgan fingerprint density at radius 1 is 1.36 bits per heavy atom. The minimum atomic E-state index is -0.513. The molecular formula is C15H28N6O4. The van der Waals surface area contributed by atoms with Crippen LogP contribution in [0.4, 0.5) is 10.7 Å². The van der Waals surface area contributed by atoms with Crippen LogP contribution in [0.1, 0.15) is 33.6 Å². The van der Waals surface area contributed by atoms with Crippen LogP contribution in [-0.4, -0.2) is 76.4 Å². The maximum absolute atomic E-state index is 12.4. The maximum Gasteiger partial charge on any atom is 0.410 e. The molecule has 1 saturated heterocycles. The van der Waals surface area contributed by atoms with E-state index in [2.05, 4.69) is 20.8 Å². The number of tetrazole rings is 1. The fourth-order valence-corrected chi connectivity index (χ4v) is 2.68. The lowest BCUT2D eigenvalue weighted by molar-refractivity contribution is -0.0915. The van der Waals surface area contributed by atoms with Crippen molar-refractivity contribution < 1.29 is 19.0 Å². The number of methoxy groups -OCH3 is 2. The molecule has 0 saturated carbocycles. The van der Waals surface area contributed by atoms with E-state index in [0.717, 1.165) is 12.8 Å². The van der Waals surface area contributed by atoms with E-state index in [1.54, 1.807) is 23.8 Å². The second kappa shape index (κ2) is 8.43. The topological polar surface area (TPSA) is 104 Å². The van der Waals surface area contributed by atoms with Crippen molar-refractivity contribution >= 4 is 12.0 Å². The van der Waals surface area contributed by atoms with Crippen LogP contribution in [0.5, 0.6) is 0 Å². The molecule has 10 heteroatoms. The van der Waals surface area contributed by atoms with Crippen LogP contribution < -0.4 is 5.32 Å². The third kappa shape index (κ3) is 5.53. The van der Waals surface area contributed by atoms with E-state index >= 15 is 0 Å². The first-order valence-electron chi connectivity index (χ1n) is 8.39. The number of nitrogens with one attached hydrogen (secondary N) is 1. The van der Waals surface area contributed by atoms with Gasteiger partial charge in [0.1, 0.15) is 5.60 Å². The highest BCUT2D eigenvalue weighted by Gasteiger charge is 2.33. The molecule has 0 bridgehead atoms. The van der Waals surface area contributed by atoms with Crippen LogP contribution in [0.25, 0.3) is 0 Å². The van der Waals surface area contributed by atoms with Crippen LogP contribution in [0.3, 0.4) is 0 Å². The van der Waals surface area contributed by atoms with E-state index in [9.17, 15) is 4.79 Å². The van der Waals surface area contributed by atoms with Gasteiger partial charge in [0.15, 0.2) is 6.29 Å². The van der Waals surface area contributed by atoms with Gasteiger partial charge in [-0.3, -0.25) is 0 Å². The number of rotatable bonds is 7. The number of hydrogen-bond acceptors (Lipinski definition) is 8. The molecule has 0 spiro atoms. The van der Waals surface area contributed by atoms with Gasteiger partial charge in [0.2, 0.25) is 5.95 Å². The molecule has 2 heterocycles. The minimum absolute atomic E-state index is 0.000419. The standard InChI is InChI=1S/C15H28N6O4/c1-15(2,3)25-14(22)20-8-6-7-11(20)10-21-13(17-18-19-21)16-9-12(23-4)24-5/h11-12H,6-10H2,1-5H3,(H,16,17,19)/t11-/m1/s1. The van der Waals surface area contributed by atoms with E-state index in [0.29, 0.717) is 25.6 Å². The van der Waals surface area contributed by atoms with E-state index in [1.165, 1.54) is 0 Å². The number of aromatic nitrogens is 4. The van der Waals surface area contributed by atoms with Gasteiger partial charge in [-0.15, -0.1) is 0 Å². The molecule has 1 aromatic rings. The van der Waals surface area contributed by atoms with Crippen molar-refractivity contribution in [1.29, 1.82) is 0 Å². The molecule has 1 atom stereocenters. The lowest BCUT2D eigenvalue weighted by Gasteiger charge is -2.28. The van der Waals surface area contributed by atoms with Crippen LogP contribution in [-0.2, 0) is 20.8 Å². The first kappa shape index (κ1) is 19.4. The third-order valence-corrected chi connectivity index (χ3v) is 3.87. The molecule has 1 aliphatic rings. The van der Waals surface area contributed by atoms with Gasteiger partial charge in [-0.25, -0.2) is 9.48 Å². The summed E-state index contributed by atoms with van der Waals surface area (Å²) in [5.41, 5.74) is -0.513.